The molecule has 2 amide bonds. The molecular weight excluding hydrogens is 320 g/mol. The number of H-pyrrole nitrogens is 1. The molecule has 1 aliphatic heterocycles. The van der Waals surface area contributed by atoms with E-state index in [-0.39, 0.29) is 17.7 Å². The Kier molecular flexibility index (Phi) is 5.02. The number of hydrogen-bond donors (Lipinski definition) is 2. The number of carbonyl (C=O) groups excluding carboxylic acids is 2. The molecule has 0 spiro atoms. The molecule has 2 heterocycles. The number of hydrogen-bond acceptors (Lipinski definition) is 4. The normalized spacial score (nSPS) is 16.7. The van der Waals surface area contributed by atoms with Crippen LogP contribution in [0.4, 0.5) is 5.69 Å². The molecule has 0 radical (unpaired) electrons. The molecule has 0 aliphatic carbocycles. The Morgan fingerprint density at radius 2 is 2.28 bits per heavy atom. The van der Waals surface area contributed by atoms with Crippen molar-refractivity contribution >= 4 is 17.5 Å². The highest BCUT2D eigenvalue weighted by atomic mass is 16.5. The first-order valence-electron chi connectivity index (χ1n) is 8.27. The van der Waals surface area contributed by atoms with Gasteiger partial charge < -0.3 is 15.0 Å². The number of anilines is 1. The molecule has 2 N–H and O–H groups in total. The summed E-state index contributed by atoms with van der Waals surface area (Å²) in [7, 11) is 1.62. The smallest absolute Gasteiger partial charge is 0.229 e. The van der Waals surface area contributed by atoms with E-state index < -0.39 is 0 Å². The van der Waals surface area contributed by atoms with E-state index in [2.05, 4.69) is 15.5 Å². The molecule has 1 atom stereocenters. The van der Waals surface area contributed by atoms with Gasteiger partial charge in [0.1, 0.15) is 5.75 Å². The lowest BCUT2D eigenvalue weighted by atomic mass is 10.0. The van der Waals surface area contributed by atoms with Crippen LogP contribution in [0.2, 0.25) is 0 Å². The molecule has 7 nitrogen and oxygen atoms in total. The van der Waals surface area contributed by atoms with Crippen molar-refractivity contribution in [2.45, 2.75) is 19.8 Å². The molecule has 0 saturated carbocycles. The van der Waals surface area contributed by atoms with Crippen LogP contribution in [-0.4, -0.2) is 47.1 Å². The van der Waals surface area contributed by atoms with Gasteiger partial charge in [-0.1, -0.05) is 6.07 Å². The van der Waals surface area contributed by atoms with Gasteiger partial charge in [0, 0.05) is 19.3 Å². The molecule has 1 saturated heterocycles. The molecule has 2 aromatic rings. The Labute approximate surface area is 146 Å². The third-order valence-electron chi connectivity index (χ3n) is 4.57. The maximum Gasteiger partial charge on any atom is 0.229 e. The molecule has 25 heavy (non-hydrogen) atoms. The zero-order valence-electron chi connectivity index (χ0n) is 14.4. The second kappa shape index (κ2) is 7.38. The highest BCUT2D eigenvalue weighted by Gasteiger charge is 2.31. The first-order valence-corrected chi connectivity index (χ1v) is 8.27. The number of amides is 2. The van der Waals surface area contributed by atoms with E-state index in [1.54, 1.807) is 24.4 Å². The summed E-state index contributed by atoms with van der Waals surface area (Å²) in [6, 6.07) is 5.71. The third kappa shape index (κ3) is 3.99. The number of nitrogens with zero attached hydrogens (tertiary/aromatic N) is 2. The summed E-state index contributed by atoms with van der Waals surface area (Å²) in [5.74, 6) is 0.575. The summed E-state index contributed by atoms with van der Waals surface area (Å²) in [6.45, 7) is 3.03. The zero-order chi connectivity index (χ0) is 17.8. The molecule has 1 fully saturated rings. The van der Waals surface area contributed by atoms with Crippen molar-refractivity contribution in [2.75, 3.05) is 25.5 Å². The van der Waals surface area contributed by atoms with E-state index in [0.29, 0.717) is 31.6 Å². The first kappa shape index (κ1) is 17.0. The van der Waals surface area contributed by atoms with Crippen LogP contribution in [-0.2, 0) is 16.0 Å². The first-order chi connectivity index (χ1) is 12.1. The summed E-state index contributed by atoms with van der Waals surface area (Å²) in [6.07, 6.45) is 4.20. The Bertz CT molecular complexity index is 758. The largest absolute Gasteiger partial charge is 0.497 e. The monoisotopic (exact) mass is 342 g/mol. The van der Waals surface area contributed by atoms with Gasteiger partial charge in [-0.3, -0.25) is 14.7 Å². The fourth-order valence-corrected chi connectivity index (χ4v) is 3.03. The Hall–Kier alpha value is -2.83. The van der Waals surface area contributed by atoms with Gasteiger partial charge in [0.05, 0.1) is 31.3 Å². The number of carbonyl (C=O) groups is 2. The lowest BCUT2D eigenvalue weighted by Crippen LogP contribution is -2.32. The van der Waals surface area contributed by atoms with Crippen molar-refractivity contribution in [3.63, 3.8) is 0 Å². The Morgan fingerprint density at radius 3 is 2.96 bits per heavy atom. The fraction of sp³-hybridized carbons (Fsp3) is 0.389. The SMILES string of the molecule is COc1ccc(CC(=O)N2CCC(C(=O)Nc3cn[nH]c3)C2)c(C)c1. The number of aromatic nitrogens is 2. The second-order valence-electron chi connectivity index (χ2n) is 6.27. The van der Waals surface area contributed by atoms with Gasteiger partial charge in [-0.05, 0) is 36.6 Å². The van der Waals surface area contributed by atoms with Crippen molar-refractivity contribution in [1.29, 1.82) is 0 Å². The molecule has 1 aliphatic rings. The summed E-state index contributed by atoms with van der Waals surface area (Å²) < 4.78 is 5.19. The summed E-state index contributed by atoms with van der Waals surface area (Å²) in [5.41, 5.74) is 2.65. The van der Waals surface area contributed by atoms with E-state index >= 15 is 0 Å². The number of likely N-dealkylation sites (tertiary alicyclic amines) is 1. The molecule has 3 rings (SSSR count). The van der Waals surface area contributed by atoms with Gasteiger partial charge in [0.25, 0.3) is 0 Å². The molecule has 1 unspecified atom stereocenters. The number of aromatic amines is 1. The average Bonchev–Trinajstić information content (AvgIpc) is 3.28. The lowest BCUT2D eigenvalue weighted by Gasteiger charge is -2.17. The lowest BCUT2D eigenvalue weighted by molar-refractivity contribution is -0.129. The molecule has 7 heteroatoms. The minimum atomic E-state index is -0.184. The van der Waals surface area contributed by atoms with Crippen LogP contribution in [0.1, 0.15) is 17.5 Å². The summed E-state index contributed by atoms with van der Waals surface area (Å²) >= 11 is 0. The van der Waals surface area contributed by atoms with Gasteiger partial charge in [-0.25, -0.2) is 0 Å². The number of methoxy groups -OCH3 is 1. The van der Waals surface area contributed by atoms with Crippen LogP contribution in [0.15, 0.2) is 30.6 Å². The van der Waals surface area contributed by atoms with Crippen LogP contribution >= 0.6 is 0 Å². The molecular formula is C18H22N4O3. The number of nitrogens with one attached hydrogen (secondary N) is 2. The second-order valence-corrected chi connectivity index (χ2v) is 6.27. The predicted octanol–water partition coefficient (Wildman–Crippen LogP) is 1.76. The standard InChI is InChI=1S/C18H22N4O3/c1-12-7-16(25-2)4-3-13(12)8-17(23)22-6-5-14(11-22)18(24)21-15-9-19-20-10-15/h3-4,7,9-10,14H,5-6,8,11H2,1-2H3,(H,19,20)(H,21,24). The molecule has 1 aromatic heterocycles. The Morgan fingerprint density at radius 1 is 1.44 bits per heavy atom. The fourth-order valence-electron chi connectivity index (χ4n) is 3.03. The summed E-state index contributed by atoms with van der Waals surface area (Å²) in [5, 5.41) is 9.26. The van der Waals surface area contributed by atoms with Crippen molar-refractivity contribution in [3.8, 4) is 5.75 Å². The van der Waals surface area contributed by atoms with Gasteiger partial charge in [-0.2, -0.15) is 5.10 Å². The van der Waals surface area contributed by atoms with Gasteiger partial charge in [-0.15, -0.1) is 0 Å². The minimum Gasteiger partial charge on any atom is -0.497 e. The highest BCUT2D eigenvalue weighted by molar-refractivity contribution is 5.93. The average molecular weight is 342 g/mol. The van der Waals surface area contributed by atoms with Crippen molar-refractivity contribution in [2.24, 2.45) is 5.92 Å². The Balaban J connectivity index is 1.56. The molecule has 1 aromatic carbocycles. The maximum atomic E-state index is 12.6. The molecule has 132 valence electrons. The van der Waals surface area contributed by atoms with Crippen LogP contribution in [0, 0.1) is 12.8 Å². The topological polar surface area (TPSA) is 87.3 Å². The highest BCUT2D eigenvalue weighted by Crippen LogP contribution is 2.21. The number of rotatable bonds is 5. The summed E-state index contributed by atoms with van der Waals surface area (Å²) in [4.78, 5) is 26.6. The third-order valence-corrected chi connectivity index (χ3v) is 4.57. The van der Waals surface area contributed by atoms with Crippen molar-refractivity contribution in [1.82, 2.24) is 15.1 Å². The maximum absolute atomic E-state index is 12.6. The number of ether oxygens (including phenoxy) is 1. The van der Waals surface area contributed by atoms with E-state index in [1.165, 1.54) is 0 Å². The van der Waals surface area contributed by atoms with Gasteiger partial charge in [0.15, 0.2) is 0 Å². The van der Waals surface area contributed by atoms with E-state index in [9.17, 15) is 9.59 Å². The van der Waals surface area contributed by atoms with Crippen LogP contribution < -0.4 is 10.1 Å². The minimum absolute atomic E-state index is 0.0480. The van der Waals surface area contributed by atoms with Crippen molar-refractivity contribution in [3.05, 3.63) is 41.7 Å². The number of aryl methyl sites for hydroxylation is 1. The predicted molar refractivity (Wildman–Crippen MR) is 93.3 cm³/mol. The molecule has 0 bridgehead atoms. The van der Waals surface area contributed by atoms with Gasteiger partial charge >= 0.3 is 0 Å². The van der Waals surface area contributed by atoms with Crippen LogP contribution in [0.25, 0.3) is 0 Å². The van der Waals surface area contributed by atoms with Crippen LogP contribution in [0.3, 0.4) is 0 Å². The quantitative estimate of drug-likeness (QED) is 0.867. The van der Waals surface area contributed by atoms with Crippen molar-refractivity contribution < 1.29 is 14.3 Å². The van der Waals surface area contributed by atoms with Crippen LogP contribution in [0.5, 0.6) is 5.75 Å². The number of benzene rings is 1. The van der Waals surface area contributed by atoms with E-state index in [4.69, 9.17) is 4.74 Å². The zero-order valence-corrected chi connectivity index (χ0v) is 14.4. The van der Waals surface area contributed by atoms with Gasteiger partial charge in [0.2, 0.25) is 11.8 Å². The van der Waals surface area contributed by atoms with E-state index in [0.717, 1.165) is 16.9 Å². The van der Waals surface area contributed by atoms with E-state index in [1.807, 2.05) is 25.1 Å².